The molecule has 2 aliphatic heterocycles. The van der Waals surface area contributed by atoms with Gasteiger partial charge in [0.1, 0.15) is 24.3 Å². The van der Waals surface area contributed by atoms with E-state index in [0.717, 1.165) is 12.1 Å². The Hall–Kier alpha value is -3.86. The van der Waals surface area contributed by atoms with Gasteiger partial charge in [-0.3, -0.25) is 14.4 Å². The van der Waals surface area contributed by atoms with Crippen LogP contribution >= 0.6 is 0 Å². The van der Waals surface area contributed by atoms with Crippen LogP contribution in [0.5, 0.6) is 0 Å². The Balaban J connectivity index is 1.56. The number of anilines is 1. The molecule has 172 valence electrons. The van der Waals surface area contributed by atoms with Gasteiger partial charge in [-0.05, 0) is 36.2 Å². The predicted octanol–water partition coefficient (Wildman–Crippen LogP) is 0.0497. The lowest BCUT2D eigenvalue weighted by Gasteiger charge is -2.25. The monoisotopic (exact) mass is 458 g/mol. The number of amides is 3. The van der Waals surface area contributed by atoms with Crippen molar-refractivity contribution in [2.75, 3.05) is 25.1 Å². The van der Waals surface area contributed by atoms with E-state index in [1.807, 2.05) is 0 Å². The van der Waals surface area contributed by atoms with E-state index in [1.54, 1.807) is 0 Å². The van der Waals surface area contributed by atoms with Crippen molar-refractivity contribution in [1.82, 2.24) is 10.2 Å². The van der Waals surface area contributed by atoms with Crippen LogP contribution in [0.25, 0.3) is 11.1 Å². The fourth-order valence-electron chi connectivity index (χ4n) is 4.05. The number of hydrogen-bond donors (Lipinski definition) is 2. The zero-order chi connectivity index (χ0) is 23.7. The number of halogens is 2. The highest BCUT2D eigenvalue weighted by molar-refractivity contribution is 6.11. The molecule has 0 aromatic heterocycles. The van der Waals surface area contributed by atoms with Crippen LogP contribution in [-0.2, 0) is 19.1 Å². The molecule has 0 bridgehead atoms. The van der Waals surface area contributed by atoms with Gasteiger partial charge in [-0.2, -0.15) is 0 Å². The highest BCUT2D eigenvalue weighted by Gasteiger charge is 2.45. The lowest BCUT2D eigenvalue weighted by Crippen LogP contribution is -2.52. The molecule has 2 aromatic carbocycles. The van der Waals surface area contributed by atoms with Crippen molar-refractivity contribution in [1.29, 1.82) is 0 Å². The van der Waals surface area contributed by atoms with Crippen LogP contribution in [0.3, 0.4) is 0 Å². The molecule has 9 nitrogen and oxygen atoms in total. The molecule has 1 saturated heterocycles. The van der Waals surface area contributed by atoms with E-state index in [4.69, 9.17) is 0 Å². The van der Waals surface area contributed by atoms with Crippen LogP contribution in [0.15, 0.2) is 36.4 Å². The van der Waals surface area contributed by atoms with Gasteiger partial charge in [0, 0.05) is 18.2 Å². The summed E-state index contributed by atoms with van der Waals surface area (Å²) in [5, 5.41) is 15.6. The van der Waals surface area contributed by atoms with Gasteiger partial charge in [0.25, 0.3) is 5.91 Å². The number of carboxylic acid groups (broad SMARTS) is 1. The average molecular weight is 458 g/mol. The molecule has 33 heavy (non-hydrogen) atoms. The summed E-state index contributed by atoms with van der Waals surface area (Å²) in [6.45, 7) is -1.12. The van der Waals surface area contributed by atoms with Crippen molar-refractivity contribution in [3.05, 3.63) is 53.6 Å². The molecule has 2 N–H and O–H groups in total. The maximum Gasteiger partial charge on any atom is 0.256 e. The van der Waals surface area contributed by atoms with Crippen LogP contribution in [0.2, 0.25) is 0 Å². The third-order valence-electron chi connectivity index (χ3n) is 5.48. The van der Waals surface area contributed by atoms with E-state index < -0.39 is 60.6 Å². The molecular formula is C22H18F2N3O6-. The minimum atomic E-state index is -1.47. The summed E-state index contributed by atoms with van der Waals surface area (Å²) in [5.74, 6) is -4.63. The van der Waals surface area contributed by atoms with E-state index in [9.17, 15) is 33.1 Å². The lowest BCUT2D eigenvalue weighted by atomic mass is 10.0. The number of ether oxygens (including phenoxy) is 1. The van der Waals surface area contributed by atoms with Crippen LogP contribution < -0.4 is 15.7 Å². The molecular weight excluding hydrogens is 440 g/mol. The summed E-state index contributed by atoms with van der Waals surface area (Å²) in [7, 11) is 0. The fraction of sp³-hybridized carbons (Fsp3) is 0.273. The maximum atomic E-state index is 14.2. The van der Waals surface area contributed by atoms with Gasteiger partial charge < -0.3 is 30.2 Å². The molecule has 2 atom stereocenters. The minimum Gasteiger partial charge on any atom is -0.548 e. The molecule has 0 saturated carbocycles. The quantitative estimate of drug-likeness (QED) is 0.630. The second-order valence-electron chi connectivity index (χ2n) is 7.64. The normalized spacial score (nSPS) is 19.4. The van der Waals surface area contributed by atoms with E-state index >= 15 is 0 Å². The van der Waals surface area contributed by atoms with Crippen molar-refractivity contribution < 1.29 is 37.8 Å². The molecule has 2 aliphatic rings. The van der Waals surface area contributed by atoms with E-state index in [-0.39, 0.29) is 29.8 Å². The van der Waals surface area contributed by atoms with E-state index in [0.29, 0.717) is 5.56 Å². The van der Waals surface area contributed by atoms with Crippen LogP contribution in [0.1, 0.15) is 16.8 Å². The third-order valence-corrected chi connectivity index (χ3v) is 5.48. The number of carbonyl (C=O) groups excluding carboxylic acids is 4. The Labute approximate surface area is 186 Å². The number of aliphatic carboxylic acids is 1. The Bertz CT molecular complexity index is 1150. The number of nitrogens with one attached hydrogen (secondary N) is 2. The first-order valence-electron chi connectivity index (χ1n) is 10.0. The molecule has 0 radical (unpaired) electrons. The number of rotatable bonds is 6. The standard InChI is InChI=1S/C22H19F2N3O6/c23-12-2-3-13(15(24)8-12)11-1-4-16-14(7-11)22(32)27-6-5-17(20(27)21(31)26-16)25-18(28)9-33-10-19(29)30/h1-4,7-8,17,20H,5-6,9-10H2,(H,25,28)(H,26,31)(H,29,30)/p-1/t17-,20-/m0/s1. The zero-order valence-electron chi connectivity index (χ0n) is 17.1. The van der Waals surface area contributed by atoms with Gasteiger partial charge >= 0.3 is 0 Å². The molecule has 11 heteroatoms. The first-order chi connectivity index (χ1) is 15.7. The number of fused-ring (bicyclic) bond motifs is 2. The number of nitrogens with zero attached hydrogens (tertiary/aromatic N) is 1. The number of carbonyl (C=O) groups is 4. The average Bonchev–Trinajstić information content (AvgIpc) is 3.12. The van der Waals surface area contributed by atoms with Crippen LogP contribution in [0, 0.1) is 11.6 Å². The Morgan fingerprint density at radius 2 is 1.91 bits per heavy atom. The van der Waals surface area contributed by atoms with Gasteiger partial charge in [-0.15, -0.1) is 0 Å². The fourth-order valence-corrected chi connectivity index (χ4v) is 4.05. The Morgan fingerprint density at radius 1 is 1.12 bits per heavy atom. The van der Waals surface area contributed by atoms with E-state index in [2.05, 4.69) is 15.4 Å². The lowest BCUT2D eigenvalue weighted by molar-refractivity contribution is -0.309. The Kier molecular flexibility index (Phi) is 6.05. The van der Waals surface area contributed by atoms with Crippen molar-refractivity contribution in [2.45, 2.75) is 18.5 Å². The predicted molar refractivity (Wildman–Crippen MR) is 108 cm³/mol. The van der Waals surface area contributed by atoms with Gasteiger partial charge in [-0.25, -0.2) is 8.78 Å². The van der Waals surface area contributed by atoms with Crippen LogP contribution in [-0.4, -0.2) is 60.4 Å². The second kappa shape index (κ2) is 8.94. The van der Waals surface area contributed by atoms with Crippen LogP contribution in [0.4, 0.5) is 14.5 Å². The summed E-state index contributed by atoms with van der Waals surface area (Å²) in [6, 6.07) is 5.80. The molecule has 0 aliphatic carbocycles. The van der Waals surface area contributed by atoms with Crippen molar-refractivity contribution in [3.8, 4) is 11.1 Å². The summed E-state index contributed by atoms with van der Waals surface area (Å²) in [4.78, 5) is 49.9. The summed E-state index contributed by atoms with van der Waals surface area (Å²) < 4.78 is 32.2. The molecule has 0 spiro atoms. The second-order valence-corrected chi connectivity index (χ2v) is 7.64. The molecule has 4 rings (SSSR count). The van der Waals surface area contributed by atoms with E-state index in [1.165, 1.54) is 29.2 Å². The van der Waals surface area contributed by atoms with Gasteiger partial charge in [0.2, 0.25) is 11.8 Å². The zero-order valence-corrected chi connectivity index (χ0v) is 17.1. The summed E-state index contributed by atoms with van der Waals surface area (Å²) >= 11 is 0. The molecule has 3 amide bonds. The van der Waals surface area contributed by atoms with Gasteiger partial charge in [-0.1, -0.05) is 6.07 Å². The van der Waals surface area contributed by atoms with Gasteiger partial charge in [0.05, 0.1) is 29.9 Å². The number of carboxylic acids is 1. The van der Waals surface area contributed by atoms with Crippen molar-refractivity contribution in [3.63, 3.8) is 0 Å². The van der Waals surface area contributed by atoms with Crippen molar-refractivity contribution >= 4 is 29.4 Å². The first kappa shape index (κ1) is 22.3. The maximum absolute atomic E-state index is 14.2. The SMILES string of the molecule is O=C([O-])COCC(=O)N[C@H]1CCN2C(=O)c3cc(-c4ccc(F)cc4F)ccc3NC(=O)[C@H]12. The molecule has 2 heterocycles. The molecule has 1 fully saturated rings. The summed E-state index contributed by atoms with van der Waals surface area (Å²) in [5.41, 5.74) is 0.799. The van der Waals surface area contributed by atoms with Gasteiger partial charge in [0.15, 0.2) is 0 Å². The highest BCUT2D eigenvalue weighted by Crippen LogP contribution is 2.33. The summed E-state index contributed by atoms with van der Waals surface area (Å²) in [6.07, 6.45) is 0.289. The molecule has 2 aromatic rings. The number of hydrogen-bond acceptors (Lipinski definition) is 6. The first-order valence-corrected chi connectivity index (χ1v) is 10.0. The van der Waals surface area contributed by atoms with Crippen molar-refractivity contribution in [2.24, 2.45) is 0 Å². The number of benzene rings is 2. The minimum absolute atomic E-state index is 0.0993. The highest BCUT2D eigenvalue weighted by atomic mass is 19.1. The molecule has 0 unspecified atom stereocenters. The largest absolute Gasteiger partial charge is 0.548 e. The third kappa shape index (κ3) is 4.53. The Morgan fingerprint density at radius 3 is 2.64 bits per heavy atom. The smallest absolute Gasteiger partial charge is 0.256 e. The topological polar surface area (TPSA) is 128 Å².